The minimum atomic E-state index is -0.267. The van der Waals surface area contributed by atoms with Crippen LogP contribution in [0.15, 0.2) is 53.1 Å². The highest BCUT2D eigenvalue weighted by Gasteiger charge is 2.19. The van der Waals surface area contributed by atoms with E-state index in [1.165, 1.54) is 22.4 Å². The largest absolute Gasteiger partial charge is 0.332 e. The average molecular weight is 479 g/mol. The zero-order valence-electron chi connectivity index (χ0n) is 15.2. The maximum atomic E-state index is 12.7. The molecule has 1 N–H and O–H groups in total. The molecule has 0 aliphatic carbocycles. The molecule has 8 heteroatoms. The van der Waals surface area contributed by atoms with E-state index in [9.17, 15) is 9.59 Å². The summed E-state index contributed by atoms with van der Waals surface area (Å²) in [4.78, 5) is 31.1. The summed E-state index contributed by atoms with van der Waals surface area (Å²) in [5, 5.41) is 4.07. The number of hydrogen-bond acceptors (Lipinski definition) is 4. The predicted molar refractivity (Wildman–Crippen MR) is 117 cm³/mol. The lowest BCUT2D eigenvalue weighted by Gasteiger charge is -2.16. The first-order valence-electron chi connectivity index (χ1n) is 8.37. The molecule has 144 valence electrons. The maximum absolute atomic E-state index is 12.7. The lowest BCUT2D eigenvalue weighted by atomic mass is 10.2. The van der Waals surface area contributed by atoms with Gasteiger partial charge < -0.3 is 10.2 Å². The summed E-state index contributed by atoms with van der Waals surface area (Å²) in [5.74, 6) is -0.532. The molecular weight excluding hydrogens is 462 g/mol. The van der Waals surface area contributed by atoms with E-state index in [1.54, 1.807) is 13.1 Å². The highest BCUT2D eigenvalue weighted by atomic mass is 79.9. The van der Waals surface area contributed by atoms with Gasteiger partial charge in [-0.05, 0) is 36.8 Å². The second-order valence-electron chi connectivity index (χ2n) is 6.18. The Kier molecular flexibility index (Phi) is 6.49. The van der Waals surface area contributed by atoms with Crippen molar-refractivity contribution in [1.82, 2.24) is 9.88 Å². The Balaban J connectivity index is 1.66. The minimum Gasteiger partial charge on any atom is -0.332 e. The number of aryl methyl sites for hydroxylation is 1. The minimum absolute atomic E-state index is 0.0618. The smallest absolute Gasteiger partial charge is 0.265 e. The Morgan fingerprint density at radius 1 is 1.25 bits per heavy atom. The Bertz CT molecular complexity index is 1040. The van der Waals surface area contributed by atoms with Crippen LogP contribution in [0.4, 0.5) is 5.69 Å². The molecule has 0 radical (unpaired) electrons. The van der Waals surface area contributed by atoms with Crippen LogP contribution in [-0.2, 0) is 4.79 Å². The molecular formula is C20H17BrClN3O2S. The molecule has 0 unspecified atom stereocenters. The van der Waals surface area contributed by atoms with Crippen molar-refractivity contribution in [3.63, 3.8) is 0 Å². The SMILES string of the molecule is Cc1cc(Br)ccc1NC(=O)CN(C)C(=O)c1cnc(-c2ccccc2Cl)s1. The van der Waals surface area contributed by atoms with Crippen molar-refractivity contribution in [3.8, 4) is 10.6 Å². The van der Waals surface area contributed by atoms with Gasteiger partial charge in [-0.1, -0.05) is 45.7 Å². The van der Waals surface area contributed by atoms with Crippen LogP contribution in [0, 0.1) is 6.92 Å². The summed E-state index contributed by atoms with van der Waals surface area (Å²) in [6.07, 6.45) is 1.51. The van der Waals surface area contributed by atoms with Gasteiger partial charge in [-0.3, -0.25) is 9.59 Å². The fourth-order valence-corrected chi connectivity index (χ4v) is 4.27. The van der Waals surface area contributed by atoms with Gasteiger partial charge in [0.25, 0.3) is 5.91 Å². The van der Waals surface area contributed by atoms with Gasteiger partial charge in [0, 0.05) is 22.8 Å². The molecule has 0 aliphatic rings. The quantitative estimate of drug-likeness (QED) is 0.545. The van der Waals surface area contributed by atoms with Crippen LogP contribution in [0.25, 0.3) is 10.6 Å². The number of anilines is 1. The molecule has 0 bridgehead atoms. The molecule has 0 fully saturated rings. The molecule has 1 aromatic heterocycles. The molecule has 0 spiro atoms. The molecule has 0 saturated heterocycles. The molecule has 3 rings (SSSR count). The van der Waals surface area contributed by atoms with Gasteiger partial charge in [-0.15, -0.1) is 11.3 Å². The zero-order chi connectivity index (χ0) is 20.3. The van der Waals surface area contributed by atoms with Crippen LogP contribution < -0.4 is 5.32 Å². The van der Waals surface area contributed by atoms with Crippen LogP contribution in [0.2, 0.25) is 5.02 Å². The van der Waals surface area contributed by atoms with Gasteiger partial charge >= 0.3 is 0 Å². The molecule has 1 heterocycles. The first kappa shape index (κ1) is 20.5. The fraction of sp³-hybridized carbons (Fsp3) is 0.150. The number of nitrogens with one attached hydrogen (secondary N) is 1. The Hall–Kier alpha value is -2.22. The standard InChI is InChI=1S/C20H17BrClN3O2S/c1-12-9-13(21)7-8-16(12)24-18(26)11-25(2)20(27)17-10-23-19(28-17)14-5-3-4-6-15(14)22/h3-10H,11H2,1-2H3,(H,24,26). The van der Waals surface area contributed by atoms with Crippen molar-refractivity contribution >= 4 is 56.4 Å². The van der Waals surface area contributed by atoms with Gasteiger partial charge in [0.1, 0.15) is 9.88 Å². The van der Waals surface area contributed by atoms with E-state index >= 15 is 0 Å². The third-order valence-corrected chi connectivity index (χ3v) is 5.85. The lowest BCUT2D eigenvalue weighted by molar-refractivity contribution is -0.116. The van der Waals surface area contributed by atoms with Crippen LogP contribution in [0.1, 0.15) is 15.2 Å². The van der Waals surface area contributed by atoms with Crippen LogP contribution in [0.5, 0.6) is 0 Å². The number of nitrogens with zero attached hydrogens (tertiary/aromatic N) is 2. The number of carbonyl (C=O) groups excluding carboxylic acids is 2. The number of aromatic nitrogens is 1. The second-order valence-corrected chi connectivity index (χ2v) is 8.53. The highest BCUT2D eigenvalue weighted by molar-refractivity contribution is 9.10. The number of amides is 2. The predicted octanol–water partition coefficient (Wildman–Crippen LogP) is 5.25. The summed E-state index contributed by atoms with van der Waals surface area (Å²) in [6, 6.07) is 12.9. The van der Waals surface area contributed by atoms with Crippen molar-refractivity contribution in [2.45, 2.75) is 6.92 Å². The summed E-state index contributed by atoms with van der Waals surface area (Å²) < 4.78 is 0.940. The number of thiazole rings is 1. The molecule has 28 heavy (non-hydrogen) atoms. The van der Waals surface area contributed by atoms with Gasteiger partial charge in [0.2, 0.25) is 5.91 Å². The number of rotatable bonds is 5. The first-order chi connectivity index (χ1) is 13.3. The number of benzene rings is 2. The van der Waals surface area contributed by atoms with Gasteiger partial charge in [0.05, 0.1) is 17.8 Å². The fourth-order valence-electron chi connectivity index (χ4n) is 2.56. The van der Waals surface area contributed by atoms with E-state index in [0.717, 1.165) is 15.6 Å². The molecule has 2 amide bonds. The third kappa shape index (κ3) is 4.79. The maximum Gasteiger partial charge on any atom is 0.265 e. The van der Waals surface area contributed by atoms with Gasteiger partial charge in [-0.25, -0.2) is 4.98 Å². The molecule has 0 aliphatic heterocycles. The van der Waals surface area contributed by atoms with Gasteiger partial charge in [-0.2, -0.15) is 0 Å². The van der Waals surface area contributed by atoms with E-state index in [0.29, 0.717) is 20.6 Å². The van der Waals surface area contributed by atoms with E-state index in [-0.39, 0.29) is 18.4 Å². The van der Waals surface area contributed by atoms with Crippen LogP contribution in [0.3, 0.4) is 0 Å². The monoisotopic (exact) mass is 477 g/mol. The van der Waals surface area contributed by atoms with Crippen molar-refractivity contribution in [3.05, 3.63) is 68.6 Å². The van der Waals surface area contributed by atoms with Gasteiger partial charge in [0.15, 0.2) is 0 Å². The normalized spacial score (nSPS) is 10.6. The Labute approximate surface area is 180 Å². The molecule has 5 nitrogen and oxygen atoms in total. The lowest BCUT2D eigenvalue weighted by Crippen LogP contribution is -2.34. The summed E-state index contributed by atoms with van der Waals surface area (Å²) in [7, 11) is 1.59. The number of likely N-dealkylation sites (N-methyl/N-ethyl adjacent to an activating group) is 1. The number of carbonyl (C=O) groups is 2. The van der Waals surface area contributed by atoms with Crippen molar-refractivity contribution in [2.24, 2.45) is 0 Å². The molecule has 0 atom stereocenters. The molecule has 3 aromatic rings. The van der Waals surface area contributed by atoms with Crippen LogP contribution >= 0.6 is 38.9 Å². The number of halogens is 2. The molecule has 2 aromatic carbocycles. The van der Waals surface area contributed by atoms with E-state index < -0.39 is 0 Å². The van der Waals surface area contributed by atoms with Crippen molar-refractivity contribution in [2.75, 3.05) is 18.9 Å². The summed E-state index contributed by atoms with van der Waals surface area (Å²) in [5.41, 5.74) is 2.43. The highest BCUT2D eigenvalue weighted by Crippen LogP contribution is 2.31. The number of hydrogen-bond donors (Lipinski definition) is 1. The molecule has 0 saturated carbocycles. The summed E-state index contributed by atoms with van der Waals surface area (Å²) >= 11 is 10.8. The third-order valence-electron chi connectivity index (χ3n) is 4.01. The summed E-state index contributed by atoms with van der Waals surface area (Å²) in [6.45, 7) is 1.84. The van der Waals surface area contributed by atoms with Crippen LogP contribution in [-0.4, -0.2) is 35.3 Å². The second kappa shape index (κ2) is 8.86. The average Bonchev–Trinajstić information content (AvgIpc) is 3.13. The van der Waals surface area contributed by atoms with E-state index in [4.69, 9.17) is 11.6 Å². The van der Waals surface area contributed by atoms with Crippen molar-refractivity contribution < 1.29 is 9.59 Å². The Morgan fingerprint density at radius 3 is 2.71 bits per heavy atom. The topological polar surface area (TPSA) is 62.3 Å². The first-order valence-corrected chi connectivity index (χ1v) is 10.4. The van der Waals surface area contributed by atoms with Crippen molar-refractivity contribution in [1.29, 1.82) is 0 Å². The van der Waals surface area contributed by atoms with E-state index in [2.05, 4.69) is 26.2 Å². The zero-order valence-corrected chi connectivity index (χ0v) is 18.4. The van der Waals surface area contributed by atoms with E-state index in [1.807, 2.05) is 43.3 Å². The Morgan fingerprint density at radius 2 is 2.00 bits per heavy atom.